The number of piperidine rings is 1. The van der Waals surface area contributed by atoms with E-state index in [0.29, 0.717) is 24.4 Å². The van der Waals surface area contributed by atoms with Crippen LogP contribution in [0.5, 0.6) is 0 Å². The Labute approximate surface area is 135 Å². The number of ether oxygens (including phenoxy) is 1. The van der Waals surface area contributed by atoms with E-state index in [1.54, 1.807) is 7.11 Å². The summed E-state index contributed by atoms with van der Waals surface area (Å²) in [6.45, 7) is 5.85. The van der Waals surface area contributed by atoms with Crippen LogP contribution >= 0.6 is 12.4 Å². The van der Waals surface area contributed by atoms with E-state index in [2.05, 4.69) is 24.5 Å². The molecule has 2 aliphatic heterocycles. The average molecular weight is 319 g/mol. The Morgan fingerprint density at radius 2 is 1.90 bits per heavy atom. The zero-order valence-corrected chi connectivity index (χ0v) is 14.4. The number of hydrogen-bond acceptors (Lipinski definition) is 3. The predicted octanol–water partition coefficient (Wildman–Crippen LogP) is 2.51. The van der Waals surface area contributed by atoms with Crippen molar-refractivity contribution in [1.29, 1.82) is 0 Å². The van der Waals surface area contributed by atoms with E-state index in [1.807, 2.05) is 0 Å². The fourth-order valence-electron chi connectivity index (χ4n) is 3.48. The summed E-state index contributed by atoms with van der Waals surface area (Å²) in [5.41, 5.74) is 0.110. The summed E-state index contributed by atoms with van der Waals surface area (Å²) in [7, 11) is 1.72. The van der Waals surface area contributed by atoms with Crippen molar-refractivity contribution in [2.45, 2.75) is 64.5 Å². The first-order valence-electron chi connectivity index (χ1n) is 8.00. The smallest absolute Gasteiger partial charge is 0.220 e. The molecule has 2 N–H and O–H groups in total. The molecule has 4 nitrogen and oxygen atoms in total. The first kappa shape index (κ1) is 18.7. The highest BCUT2D eigenvalue weighted by atomic mass is 35.5. The fraction of sp³-hybridized carbons (Fsp3) is 0.938. The van der Waals surface area contributed by atoms with Crippen LogP contribution in [0.15, 0.2) is 0 Å². The Hall–Kier alpha value is -0.320. The molecule has 2 fully saturated rings. The van der Waals surface area contributed by atoms with Gasteiger partial charge in [0, 0.05) is 38.8 Å². The molecule has 2 bridgehead atoms. The second-order valence-corrected chi connectivity index (χ2v) is 7.36. The minimum atomic E-state index is 0. The van der Waals surface area contributed by atoms with Gasteiger partial charge >= 0.3 is 0 Å². The molecule has 0 aliphatic carbocycles. The van der Waals surface area contributed by atoms with Gasteiger partial charge in [-0.25, -0.2) is 0 Å². The molecule has 1 amide bonds. The van der Waals surface area contributed by atoms with Crippen molar-refractivity contribution in [3.63, 3.8) is 0 Å². The lowest BCUT2D eigenvalue weighted by Gasteiger charge is -2.29. The van der Waals surface area contributed by atoms with Crippen molar-refractivity contribution >= 4 is 18.3 Å². The van der Waals surface area contributed by atoms with Gasteiger partial charge in [0.05, 0.1) is 0 Å². The molecule has 21 heavy (non-hydrogen) atoms. The maximum Gasteiger partial charge on any atom is 0.220 e. The summed E-state index contributed by atoms with van der Waals surface area (Å²) in [6, 6.07) is 1.34. The van der Waals surface area contributed by atoms with Crippen LogP contribution in [0.1, 0.15) is 52.4 Å². The molecule has 5 heteroatoms. The molecule has 2 unspecified atom stereocenters. The van der Waals surface area contributed by atoms with Gasteiger partial charge in [-0.05, 0) is 43.4 Å². The molecule has 0 aromatic heterocycles. The van der Waals surface area contributed by atoms with Crippen LogP contribution in [0.25, 0.3) is 0 Å². The van der Waals surface area contributed by atoms with Gasteiger partial charge in [-0.15, -0.1) is 12.4 Å². The van der Waals surface area contributed by atoms with Gasteiger partial charge in [0.15, 0.2) is 0 Å². The van der Waals surface area contributed by atoms with Crippen LogP contribution in [0, 0.1) is 11.3 Å². The summed E-state index contributed by atoms with van der Waals surface area (Å²) in [6.07, 6.45) is 6.63. The Balaban J connectivity index is 0.00000220. The largest absolute Gasteiger partial charge is 0.385 e. The molecule has 0 spiro atoms. The number of amides is 1. The second-order valence-electron chi connectivity index (χ2n) is 7.36. The first-order valence-corrected chi connectivity index (χ1v) is 8.00. The van der Waals surface area contributed by atoms with E-state index in [9.17, 15) is 4.79 Å². The highest BCUT2D eigenvalue weighted by molar-refractivity contribution is 5.85. The van der Waals surface area contributed by atoms with Crippen molar-refractivity contribution in [1.82, 2.24) is 10.6 Å². The van der Waals surface area contributed by atoms with Crippen molar-refractivity contribution in [2.24, 2.45) is 11.3 Å². The quantitative estimate of drug-likeness (QED) is 0.758. The fourth-order valence-corrected chi connectivity index (χ4v) is 3.48. The molecule has 0 aromatic rings. The zero-order chi connectivity index (χ0) is 14.6. The van der Waals surface area contributed by atoms with Gasteiger partial charge in [-0.3, -0.25) is 4.79 Å². The van der Waals surface area contributed by atoms with Gasteiger partial charge in [0.1, 0.15) is 0 Å². The molecule has 0 aromatic carbocycles. The van der Waals surface area contributed by atoms with E-state index in [4.69, 9.17) is 4.74 Å². The lowest BCUT2D eigenvalue weighted by molar-refractivity contribution is -0.122. The normalized spacial score (nSPS) is 28.0. The third-order valence-corrected chi connectivity index (χ3v) is 4.79. The van der Waals surface area contributed by atoms with Crippen molar-refractivity contribution in [3.05, 3.63) is 0 Å². The third kappa shape index (κ3) is 6.13. The number of rotatable bonds is 7. The summed E-state index contributed by atoms with van der Waals surface area (Å²) in [5.74, 6) is 0.803. The van der Waals surface area contributed by atoms with Crippen LogP contribution in [-0.2, 0) is 9.53 Å². The number of methoxy groups -OCH3 is 1. The van der Waals surface area contributed by atoms with E-state index in [0.717, 1.165) is 19.6 Å². The molecule has 2 aliphatic rings. The van der Waals surface area contributed by atoms with Gasteiger partial charge in [-0.1, -0.05) is 13.8 Å². The Kier molecular flexibility index (Phi) is 7.45. The van der Waals surface area contributed by atoms with Crippen LogP contribution in [-0.4, -0.2) is 38.3 Å². The van der Waals surface area contributed by atoms with E-state index in [1.165, 1.54) is 25.7 Å². The molecular formula is C16H31ClN2O2. The Morgan fingerprint density at radius 3 is 2.48 bits per heavy atom. The highest BCUT2D eigenvalue weighted by Crippen LogP contribution is 2.32. The van der Waals surface area contributed by atoms with Crippen molar-refractivity contribution < 1.29 is 9.53 Å². The Bertz CT molecular complexity index is 324. The maximum absolute atomic E-state index is 12.1. The molecule has 2 rings (SSSR count). The van der Waals surface area contributed by atoms with Gasteiger partial charge in [-0.2, -0.15) is 0 Å². The lowest BCUT2D eigenvalue weighted by Crippen LogP contribution is -2.41. The minimum Gasteiger partial charge on any atom is -0.385 e. The maximum atomic E-state index is 12.1. The van der Waals surface area contributed by atoms with Crippen LogP contribution < -0.4 is 10.6 Å². The second kappa shape index (κ2) is 8.35. The lowest BCUT2D eigenvalue weighted by atomic mass is 9.88. The van der Waals surface area contributed by atoms with E-state index >= 15 is 0 Å². The number of fused-ring (bicyclic) bond motifs is 2. The summed E-state index contributed by atoms with van der Waals surface area (Å²) >= 11 is 0. The first-order chi connectivity index (χ1) is 9.48. The molecule has 0 radical (unpaired) electrons. The van der Waals surface area contributed by atoms with Gasteiger partial charge < -0.3 is 15.4 Å². The predicted molar refractivity (Wildman–Crippen MR) is 87.8 cm³/mol. The molecular weight excluding hydrogens is 288 g/mol. The minimum absolute atomic E-state index is 0. The molecule has 2 saturated heterocycles. The van der Waals surface area contributed by atoms with Crippen LogP contribution in [0.2, 0.25) is 0 Å². The standard InChI is InChI=1S/C16H30N2O2.ClH/c1-16(2,6-7-20-3)11-17-15(19)10-12-8-13-4-5-14(9-12)18-13;/h12-14,18H,4-11H2,1-3H3,(H,17,19);1H. The molecule has 2 heterocycles. The molecule has 2 atom stereocenters. The summed E-state index contributed by atoms with van der Waals surface area (Å²) in [4.78, 5) is 12.1. The number of carbonyl (C=O) groups is 1. The topological polar surface area (TPSA) is 50.4 Å². The number of hydrogen-bond donors (Lipinski definition) is 2. The molecule has 124 valence electrons. The third-order valence-electron chi connectivity index (χ3n) is 4.79. The number of carbonyl (C=O) groups excluding carboxylic acids is 1. The zero-order valence-electron chi connectivity index (χ0n) is 13.6. The SMILES string of the molecule is COCCC(C)(C)CNC(=O)CC1CC2CCC(C1)N2.Cl. The van der Waals surface area contributed by atoms with Crippen molar-refractivity contribution in [3.8, 4) is 0 Å². The van der Waals surface area contributed by atoms with Crippen molar-refractivity contribution in [2.75, 3.05) is 20.3 Å². The van der Waals surface area contributed by atoms with Gasteiger partial charge in [0.2, 0.25) is 5.91 Å². The number of nitrogens with one attached hydrogen (secondary N) is 2. The molecule has 0 saturated carbocycles. The van der Waals surface area contributed by atoms with Crippen LogP contribution in [0.4, 0.5) is 0 Å². The summed E-state index contributed by atoms with van der Waals surface area (Å²) < 4.78 is 5.12. The van der Waals surface area contributed by atoms with Gasteiger partial charge in [0.25, 0.3) is 0 Å². The van der Waals surface area contributed by atoms with Crippen LogP contribution in [0.3, 0.4) is 0 Å². The van der Waals surface area contributed by atoms with E-state index in [-0.39, 0.29) is 23.7 Å². The highest BCUT2D eigenvalue weighted by Gasteiger charge is 2.34. The van der Waals surface area contributed by atoms with E-state index < -0.39 is 0 Å². The Morgan fingerprint density at radius 1 is 1.29 bits per heavy atom. The summed E-state index contributed by atoms with van der Waals surface area (Å²) in [5, 5.41) is 6.74. The average Bonchev–Trinajstić information content (AvgIpc) is 2.74. The monoisotopic (exact) mass is 318 g/mol. The number of halogens is 1.